The van der Waals surface area contributed by atoms with Gasteiger partial charge in [-0.25, -0.2) is 23.0 Å². The number of rotatable bonds is 15. The number of cyclic esters (lactones) is 1. The van der Waals surface area contributed by atoms with Crippen molar-refractivity contribution in [3.63, 3.8) is 0 Å². The lowest BCUT2D eigenvalue weighted by Crippen LogP contribution is -2.49. The number of aldehydes is 1. The fraction of sp³-hybridized carbons (Fsp3) is 0.368. The molecule has 54 heavy (non-hydrogen) atoms. The summed E-state index contributed by atoms with van der Waals surface area (Å²) in [6.45, 7) is 5.17. The Hall–Kier alpha value is -5.61. The van der Waals surface area contributed by atoms with Gasteiger partial charge in [0.2, 0.25) is 27.9 Å². The fourth-order valence-corrected chi connectivity index (χ4v) is 7.88. The second kappa shape index (κ2) is 16.6. The highest BCUT2D eigenvalue weighted by Crippen LogP contribution is 2.41. The first-order valence-electron chi connectivity index (χ1n) is 17.3. The standard InChI is InChI=1S/C38H43N5O10S/c1-6-38(53-37(48)52-21-25-11-13-27(14-12-25)40-34(46)18-39-23-45)31(26(20-44)22-51-36(38)47)17-33-35-30(19-42(33)4)28(29-9-7-8-10-32(29)41-35)15-16-43(24(2)3)54(5,49)50/h7-14,17,20,23-24H,6,15-16,18-19,21-22H2,1-5H3,(H,39,45)(H,40,46)/b33-17-/t38-/m0/s1. The summed E-state index contributed by atoms with van der Waals surface area (Å²) in [5.41, 5.74) is 2.84. The summed E-state index contributed by atoms with van der Waals surface area (Å²) in [5.74, 6) is -1.29. The minimum atomic E-state index is -3.47. The van der Waals surface area contributed by atoms with E-state index >= 15 is 0 Å². The van der Waals surface area contributed by atoms with E-state index in [2.05, 4.69) is 10.6 Å². The van der Waals surface area contributed by atoms with Gasteiger partial charge in [0.25, 0.3) is 0 Å². The number of carbonyl (C=O) groups excluding carboxylic acids is 5. The molecule has 0 fully saturated rings. The van der Waals surface area contributed by atoms with Gasteiger partial charge >= 0.3 is 12.1 Å². The van der Waals surface area contributed by atoms with E-state index in [1.54, 1.807) is 37.3 Å². The van der Waals surface area contributed by atoms with Gasteiger partial charge in [-0.05, 0) is 62.1 Å². The molecule has 2 N–H and O–H groups in total. The van der Waals surface area contributed by atoms with Crippen molar-refractivity contribution in [1.29, 1.82) is 0 Å². The van der Waals surface area contributed by atoms with Crippen molar-refractivity contribution in [2.24, 2.45) is 0 Å². The van der Waals surface area contributed by atoms with Crippen molar-refractivity contribution in [3.05, 3.63) is 88.1 Å². The van der Waals surface area contributed by atoms with E-state index in [1.165, 1.54) is 10.6 Å². The normalized spacial score (nSPS) is 17.8. The summed E-state index contributed by atoms with van der Waals surface area (Å²) in [4.78, 5) is 68.4. The zero-order valence-corrected chi connectivity index (χ0v) is 31.5. The minimum absolute atomic E-state index is 0.0890. The molecule has 0 aliphatic carbocycles. The molecule has 15 nitrogen and oxygen atoms in total. The lowest BCUT2D eigenvalue weighted by Gasteiger charge is -2.35. The third-order valence-electron chi connectivity index (χ3n) is 9.33. The first kappa shape index (κ1) is 39.6. The van der Waals surface area contributed by atoms with Crippen LogP contribution in [-0.4, -0.2) is 98.0 Å². The Bertz CT molecular complexity index is 2130. The molecular weight excluding hydrogens is 719 g/mol. The molecule has 2 aliphatic heterocycles. The van der Waals surface area contributed by atoms with Gasteiger partial charge in [-0.15, -0.1) is 0 Å². The number of aromatic nitrogens is 1. The van der Waals surface area contributed by atoms with Crippen LogP contribution in [0.25, 0.3) is 16.6 Å². The zero-order valence-electron chi connectivity index (χ0n) is 30.7. The summed E-state index contributed by atoms with van der Waals surface area (Å²) in [7, 11) is -1.64. The van der Waals surface area contributed by atoms with Crippen LogP contribution in [0.1, 0.15) is 49.6 Å². The molecule has 0 saturated carbocycles. The topological polar surface area (TPSA) is 191 Å². The smallest absolute Gasteiger partial charge is 0.457 e. The number of benzene rings is 2. The number of anilines is 1. The number of sulfonamides is 1. The molecule has 286 valence electrons. The van der Waals surface area contributed by atoms with Crippen LogP contribution in [0.5, 0.6) is 0 Å². The van der Waals surface area contributed by atoms with Crippen LogP contribution in [-0.2, 0) is 63.0 Å². The van der Waals surface area contributed by atoms with E-state index in [-0.39, 0.29) is 49.9 Å². The number of carbonyl (C=O) groups is 5. The number of amides is 2. The second-order valence-corrected chi connectivity index (χ2v) is 15.2. The van der Waals surface area contributed by atoms with Gasteiger partial charge in [-0.2, -0.15) is 4.31 Å². The second-order valence-electron chi connectivity index (χ2n) is 13.2. The Morgan fingerprint density at radius 3 is 2.50 bits per heavy atom. The van der Waals surface area contributed by atoms with Crippen LogP contribution >= 0.6 is 0 Å². The average molecular weight is 762 g/mol. The molecule has 0 unspecified atom stereocenters. The molecule has 2 amide bonds. The molecule has 0 bridgehead atoms. The summed E-state index contributed by atoms with van der Waals surface area (Å²) in [5, 5.41) is 5.77. The molecule has 2 aliphatic rings. The number of fused-ring (bicyclic) bond motifs is 2. The van der Waals surface area contributed by atoms with E-state index < -0.39 is 33.7 Å². The third-order valence-corrected chi connectivity index (χ3v) is 10.8. The van der Waals surface area contributed by atoms with Crippen molar-refractivity contribution >= 4 is 63.0 Å². The van der Waals surface area contributed by atoms with Gasteiger partial charge < -0.3 is 29.7 Å². The van der Waals surface area contributed by atoms with Crippen LogP contribution in [0.2, 0.25) is 0 Å². The molecule has 3 aromatic rings. The fourth-order valence-electron chi connectivity index (χ4n) is 6.69. The number of para-hydroxylation sites is 1. The van der Waals surface area contributed by atoms with Gasteiger partial charge in [0.05, 0.1) is 29.7 Å². The van der Waals surface area contributed by atoms with Crippen molar-refractivity contribution in [2.45, 2.75) is 58.4 Å². The van der Waals surface area contributed by atoms with Gasteiger partial charge in [-0.1, -0.05) is 37.3 Å². The molecule has 2 aromatic carbocycles. The van der Waals surface area contributed by atoms with E-state index in [9.17, 15) is 32.4 Å². The van der Waals surface area contributed by atoms with Gasteiger partial charge in [0.1, 0.15) is 19.5 Å². The number of hydrogen-bond acceptors (Lipinski definition) is 12. The van der Waals surface area contributed by atoms with Crippen molar-refractivity contribution < 1.29 is 46.6 Å². The van der Waals surface area contributed by atoms with Crippen molar-refractivity contribution in [3.8, 4) is 0 Å². The first-order valence-corrected chi connectivity index (χ1v) is 19.1. The maximum absolute atomic E-state index is 13.6. The summed E-state index contributed by atoms with van der Waals surface area (Å²) >= 11 is 0. The molecular formula is C38H43N5O10S. The van der Waals surface area contributed by atoms with E-state index in [4.69, 9.17) is 19.2 Å². The molecule has 1 aromatic heterocycles. The first-order chi connectivity index (χ1) is 25.7. The van der Waals surface area contributed by atoms with Gasteiger partial charge in [0.15, 0.2) is 0 Å². The Kier molecular flexibility index (Phi) is 12.2. The highest BCUT2D eigenvalue weighted by Gasteiger charge is 2.50. The van der Waals surface area contributed by atoms with Crippen LogP contribution in [0.15, 0.2) is 65.8 Å². The minimum Gasteiger partial charge on any atom is -0.457 e. The molecule has 16 heteroatoms. The van der Waals surface area contributed by atoms with Gasteiger partial charge in [-0.3, -0.25) is 14.4 Å². The molecule has 5 rings (SSSR count). The molecule has 0 spiro atoms. The van der Waals surface area contributed by atoms with E-state index in [0.29, 0.717) is 53.8 Å². The summed E-state index contributed by atoms with van der Waals surface area (Å²) < 4.78 is 43.2. The van der Waals surface area contributed by atoms with Crippen LogP contribution < -0.4 is 10.6 Å². The lowest BCUT2D eigenvalue weighted by molar-refractivity contribution is -0.165. The highest BCUT2D eigenvalue weighted by atomic mass is 32.2. The molecule has 1 atom stereocenters. The van der Waals surface area contributed by atoms with Crippen LogP contribution in [0.4, 0.5) is 10.5 Å². The predicted octanol–water partition coefficient (Wildman–Crippen LogP) is 3.47. The molecule has 3 heterocycles. The van der Waals surface area contributed by atoms with Crippen molar-refractivity contribution in [2.75, 3.05) is 38.3 Å². The van der Waals surface area contributed by atoms with E-state index in [0.717, 1.165) is 16.5 Å². The number of esters is 1. The predicted molar refractivity (Wildman–Crippen MR) is 199 cm³/mol. The maximum Gasteiger partial charge on any atom is 0.510 e. The summed E-state index contributed by atoms with van der Waals surface area (Å²) in [6, 6.07) is 13.7. The quantitative estimate of drug-likeness (QED) is 0.170. The Labute approximate surface area is 313 Å². The van der Waals surface area contributed by atoms with Gasteiger partial charge in [0, 0.05) is 54.0 Å². The highest BCUT2D eigenvalue weighted by molar-refractivity contribution is 7.88. The Morgan fingerprint density at radius 1 is 1.13 bits per heavy atom. The largest absolute Gasteiger partial charge is 0.510 e. The Morgan fingerprint density at radius 2 is 1.85 bits per heavy atom. The Balaban J connectivity index is 1.46. The SMILES string of the molecule is CC[C@@]1(OC(=O)OCc2ccc(NC(=O)CNC=O)cc2)C(=O)OCC(C=O)=C1/C=C1/c2nc3ccccc3c(CCN(C(C)C)S(C)(=O)=O)c2CN1C. The average Bonchev–Trinajstić information content (AvgIpc) is 3.44. The molecule has 0 saturated heterocycles. The monoisotopic (exact) mass is 761 g/mol. The number of nitrogens with zero attached hydrogens (tertiary/aromatic N) is 3. The maximum atomic E-state index is 13.6. The van der Waals surface area contributed by atoms with E-state index in [1.807, 2.05) is 50.1 Å². The molecule has 0 radical (unpaired) electrons. The number of ether oxygens (including phenoxy) is 3. The zero-order chi connectivity index (χ0) is 39.2. The summed E-state index contributed by atoms with van der Waals surface area (Å²) in [6.07, 6.45) is 2.95. The number of nitrogens with one attached hydrogen (secondary N) is 2. The van der Waals surface area contributed by atoms with Crippen molar-refractivity contribution in [1.82, 2.24) is 19.5 Å². The number of pyridine rings is 1. The lowest BCUT2D eigenvalue weighted by atomic mass is 9.84. The third kappa shape index (κ3) is 8.44. The number of hydrogen-bond donors (Lipinski definition) is 2. The van der Waals surface area contributed by atoms with Crippen LogP contribution in [0.3, 0.4) is 0 Å². The van der Waals surface area contributed by atoms with Crippen LogP contribution in [0, 0.1) is 0 Å².